The van der Waals surface area contributed by atoms with Crippen molar-refractivity contribution in [1.29, 1.82) is 0 Å². The first-order valence-electron chi connectivity index (χ1n) is 9.51. The lowest BCUT2D eigenvalue weighted by Crippen LogP contribution is -2.24. The van der Waals surface area contributed by atoms with Crippen molar-refractivity contribution in [1.82, 2.24) is 0 Å². The lowest BCUT2D eigenvalue weighted by atomic mass is 9.79. The average molecular weight is 447 g/mol. The number of esters is 1. The van der Waals surface area contributed by atoms with Crippen LogP contribution in [-0.2, 0) is 34.0 Å². The number of thioether (sulfide) groups is 1. The van der Waals surface area contributed by atoms with E-state index in [2.05, 4.69) is 41.5 Å². The molecule has 1 aromatic carbocycles. The van der Waals surface area contributed by atoms with Crippen LogP contribution in [0, 0.1) is 0 Å². The Labute approximate surface area is 179 Å². The van der Waals surface area contributed by atoms with Crippen LogP contribution in [-0.4, -0.2) is 43.3 Å². The number of benzene rings is 1. The van der Waals surface area contributed by atoms with Gasteiger partial charge in [0.2, 0.25) is 0 Å². The van der Waals surface area contributed by atoms with Crippen LogP contribution in [0.5, 0.6) is 5.75 Å². The first-order valence-corrected chi connectivity index (χ1v) is 12.2. The summed E-state index contributed by atoms with van der Waals surface area (Å²) in [5.74, 6) is 0.244. The number of aromatic hydroxyl groups is 1. The standard InChI is InChI=1S/C21H35O6PS/c1-14(22)27-15(12-28(24,25-8)26-9)13-29-16-10-17(20(2,3)4)19(23)18(11-16)21(5,6)7/h10-11,15,23H,12-13H2,1-9H3. The highest BCUT2D eigenvalue weighted by Crippen LogP contribution is 2.48. The van der Waals surface area contributed by atoms with E-state index >= 15 is 0 Å². The minimum atomic E-state index is -3.33. The van der Waals surface area contributed by atoms with E-state index in [0.29, 0.717) is 11.5 Å². The second-order valence-electron chi connectivity index (χ2n) is 9.07. The predicted octanol–water partition coefficient (Wildman–Crippen LogP) is 5.50. The molecular formula is C21H35O6PS. The number of hydrogen-bond donors (Lipinski definition) is 1. The molecule has 0 aliphatic heterocycles. The molecule has 0 saturated heterocycles. The van der Waals surface area contributed by atoms with Gasteiger partial charge in [0.15, 0.2) is 0 Å². The van der Waals surface area contributed by atoms with Crippen LogP contribution >= 0.6 is 19.4 Å². The molecule has 8 heteroatoms. The summed E-state index contributed by atoms with van der Waals surface area (Å²) in [6, 6.07) is 3.93. The lowest BCUT2D eigenvalue weighted by Gasteiger charge is -2.28. The highest BCUT2D eigenvalue weighted by Gasteiger charge is 2.30. The summed E-state index contributed by atoms with van der Waals surface area (Å²) in [6.07, 6.45) is -0.656. The summed E-state index contributed by atoms with van der Waals surface area (Å²) in [5, 5.41) is 10.8. The molecule has 0 heterocycles. The summed E-state index contributed by atoms with van der Waals surface area (Å²) in [4.78, 5) is 12.5. The van der Waals surface area contributed by atoms with Crippen LogP contribution in [0.1, 0.15) is 59.6 Å². The zero-order valence-corrected chi connectivity index (χ0v) is 20.7. The molecule has 0 saturated carbocycles. The van der Waals surface area contributed by atoms with Crippen LogP contribution in [0.25, 0.3) is 0 Å². The minimum absolute atomic E-state index is 0.0249. The van der Waals surface area contributed by atoms with Crippen molar-refractivity contribution in [3.63, 3.8) is 0 Å². The Morgan fingerprint density at radius 2 is 1.52 bits per heavy atom. The molecule has 0 aliphatic carbocycles. The molecule has 0 spiro atoms. The molecule has 1 N–H and O–H groups in total. The molecule has 0 aromatic heterocycles. The largest absolute Gasteiger partial charge is 0.507 e. The van der Waals surface area contributed by atoms with E-state index in [1.54, 1.807) is 0 Å². The first kappa shape index (κ1) is 26.0. The summed E-state index contributed by atoms with van der Waals surface area (Å²) >= 11 is 1.48. The lowest BCUT2D eigenvalue weighted by molar-refractivity contribution is -0.144. The van der Waals surface area contributed by atoms with Crippen molar-refractivity contribution < 1.29 is 28.3 Å². The molecule has 0 aliphatic rings. The molecule has 166 valence electrons. The third-order valence-electron chi connectivity index (χ3n) is 4.45. The quantitative estimate of drug-likeness (QED) is 0.321. The normalized spacial score (nSPS) is 14.0. The highest BCUT2D eigenvalue weighted by molar-refractivity contribution is 7.99. The number of rotatable bonds is 8. The van der Waals surface area contributed by atoms with Gasteiger partial charge in [-0.05, 0) is 23.0 Å². The van der Waals surface area contributed by atoms with Gasteiger partial charge in [-0.15, -0.1) is 11.8 Å². The second kappa shape index (κ2) is 9.86. The van der Waals surface area contributed by atoms with E-state index in [1.165, 1.54) is 32.9 Å². The molecule has 1 rings (SSSR count). The molecule has 29 heavy (non-hydrogen) atoms. The van der Waals surface area contributed by atoms with Crippen LogP contribution < -0.4 is 0 Å². The van der Waals surface area contributed by atoms with E-state index in [4.69, 9.17) is 13.8 Å². The van der Waals surface area contributed by atoms with Crippen LogP contribution in [0.4, 0.5) is 0 Å². The van der Waals surface area contributed by atoms with Gasteiger partial charge in [0.1, 0.15) is 11.9 Å². The maximum atomic E-state index is 12.5. The van der Waals surface area contributed by atoms with Crippen molar-refractivity contribution in [2.24, 2.45) is 0 Å². The van der Waals surface area contributed by atoms with Crippen molar-refractivity contribution in [3.8, 4) is 5.75 Å². The van der Waals surface area contributed by atoms with Crippen molar-refractivity contribution >= 4 is 25.3 Å². The Kier molecular flexibility index (Phi) is 8.85. The molecule has 6 nitrogen and oxygen atoms in total. The van der Waals surface area contributed by atoms with Gasteiger partial charge in [0, 0.05) is 42.9 Å². The molecule has 0 amide bonds. The predicted molar refractivity (Wildman–Crippen MR) is 118 cm³/mol. The summed E-state index contributed by atoms with van der Waals surface area (Å²) in [5.41, 5.74) is 1.24. The van der Waals surface area contributed by atoms with Crippen molar-refractivity contribution in [3.05, 3.63) is 23.3 Å². The number of carbonyl (C=O) groups excluding carboxylic acids is 1. The van der Waals surface area contributed by atoms with Crippen LogP contribution in [0.3, 0.4) is 0 Å². The Bertz CT molecular complexity index is 720. The third kappa shape index (κ3) is 7.63. The van der Waals surface area contributed by atoms with Gasteiger partial charge < -0.3 is 18.9 Å². The maximum Gasteiger partial charge on any atom is 0.333 e. The number of phenols is 1. The second-order valence-corrected chi connectivity index (χ2v) is 12.5. The van der Waals surface area contributed by atoms with Crippen molar-refractivity contribution in [2.45, 2.75) is 70.3 Å². The SMILES string of the molecule is COP(=O)(CC(CSc1cc(C(C)(C)C)c(O)c(C(C)(C)C)c1)OC(C)=O)OC. The van der Waals surface area contributed by atoms with E-state index in [0.717, 1.165) is 16.0 Å². The smallest absolute Gasteiger partial charge is 0.333 e. The topological polar surface area (TPSA) is 82.1 Å². The highest BCUT2D eigenvalue weighted by atomic mass is 32.2. The Balaban J connectivity index is 3.23. The first-order chi connectivity index (χ1) is 13.1. The van der Waals surface area contributed by atoms with Gasteiger partial charge in [0.25, 0.3) is 0 Å². The summed E-state index contributed by atoms with van der Waals surface area (Å²) in [6.45, 7) is 13.6. The molecular weight excluding hydrogens is 411 g/mol. The summed E-state index contributed by atoms with van der Waals surface area (Å²) < 4.78 is 27.8. The van der Waals surface area contributed by atoms with E-state index < -0.39 is 19.7 Å². The monoisotopic (exact) mass is 446 g/mol. The number of carbonyl (C=O) groups is 1. The van der Waals surface area contributed by atoms with E-state index in [9.17, 15) is 14.5 Å². The van der Waals surface area contributed by atoms with Crippen LogP contribution in [0.2, 0.25) is 0 Å². The molecule has 1 atom stereocenters. The zero-order chi connectivity index (χ0) is 22.6. The Hall–Kier alpha value is -1.01. The van der Waals surface area contributed by atoms with Crippen LogP contribution in [0.15, 0.2) is 17.0 Å². The fraction of sp³-hybridized carbons (Fsp3) is 0.667. The van der Waals surface area contributed by atoms with Gasteiger partial charge in [-0.2, -0.15) is 0 Å². The number of ether oxygens (including phenoxy) is 1. The van der Waals surface area contributed by atoms with E-state index in [1.807, 2.05) is 12.1 Å². The molecule has 0 bridgehead atoms. The molecule has 1 aromatic rings. The average Bonchev–Trinajstić information content (AvgIpc) is 2.57. The van der Waals surface area contributed by atoms with Gasteiger partial charge in [-0.25, -0.2) is 0 Å². The van der Waals surface area contributed by atoms with Gasteiger partial charge in [-0.1, -0.05) is 41.5 Å². The molecule has 1 unspecified atom stereocenters. The summed E-state index contributed by atoms with van der Waals surface area (Å²) in [7, 11) is -0.700. The van der Waals surface area contributed by atoms with E-state index in [-0.39, 0.29) is 17.0 Å². The Morgan fingerprint density at radius 1 is 1.07 bits per heavy atom. The van der Waals surface area contributed by atoms with Gasteiger partial charge >= 0.3 is 13.6 Å². The van der Waals surface area contributed by atoms with Gasteiger partial charge in [-0.3, -0.25) is 9.36 Å². The number of phenolic OH excluding ortho intramolecular Hbond substituents is 1. The van der Waals surface area contributed by atoms with Gasteiger partial charge in [0.05, 0.1) is 6.16 Å². The molecule has 0 fully saturated rings. The Morgan fingerprint density at radius 3 is 1.86 bits per heavy atom. The zero-order valence-electron chi connectivity index (χ0n) is 19.0. The van der Waals surface area contributed by atoms with Crippen molar-refractivity contribution in [2.75, 3.05) is 26.1 Å². The minimum Gasteiger partial charge on any atom is -0.507 e. The third-order valence-corrected chi connectivity index (χ3v) is 7.53. The fourth-order valence-electron chi connectivity index (χ4n) is 2.86. The maximum absolute atomic E-state index is 12.5. The number of hydrogen-bond acceptors (Lipinski definition) is 7. The molecule has 0 radical (unpaired) electrons. The fourth-order valence-corrected chi connectivity index (χ4v) is 5.15.